The molecule has 0 radical (unpaired) electrons. The molecule has 1 aromatic rings. The van der Waals surface area contributed by atoms with Crippen LogP contribution in [0.5, 0.6) is 0 Å². The lowest BCUT2D eigenvalue weighted by molar-refractivity contribution is -0.389. The van der Waals surface area contributed by atoms with Crippen LogP contribution in [0.4, 0.5) is 10.6 Å². The van der Waals surface area contributed by atoms with Crippen molar-refractivity contribution in [3.05, 3.63) is 21.6 Å². The van der Waals surface area contributed by atoms with Crippen molar-refractivity contribution < 1.29 is 19.9 Å². The Morgan fingerprint density at radius 3 is 2.52 bits per heavy atom. The summed E-state index contributed by atoms with van der Waals surface area (Å²) in [6, 6.07) is 0. The number of piperazine rings is 1. The second-order valence-corrected chi connectivity index (χ2v) is 6.13. The summed E-state index contributed by atoms with van der Waals surface area (Å²) in [4.78, 5) is 27.8. The van der Waals surface area contributed by atoms with Crippen molar-refractivity contribution in [2.45, 2.75) is 19.1 Å². The van der Waals surface area contributed by atoms with Gasteiger partial charge in [0.25, 0.3) is 0 Å². The maximum atomic E-state index is 10.9. The normalized spacial score (nSPS) is 18.7. The van der Waals surface area contributed by atoms with E-state index in [1.807, 2.05) is 4.90 Å². The van der Waals surface area contributed by atoms with Crippen molar-refractivity contribution in [1.29, 1.82) is 0 Å². The van der Waals surface area contributed by atoms with Crippen LogP contribution in [0, 0.1) is 10.1 Å². The second kappa shape index (κ2) is 6.69. The highest BCUT2D eigenvalue weighted by atomic mass is 35.5. The summed E-state index contributed by atoms with van der Waals surface area (Å²) in [5.74, 6) is -0.374. The van der Waals surface area contributed by atoms with E-state index in [0.29, 0.717) is 32.7 Å². The quantitative estimate of drug-likeness (QED) is 0.586. The number of imidazole rings is 1. The van der Waals surface area contributed by atoms with Crippen molar-refractivity contribution in [2.24, 2.45) is 0 Å². The van der Waals surface area contributed by atoms with Crippen LogP contribution < -0.4 is 0 Å². The van der Waals surface area contributed by atoms with Crippen molar-refractivity contribution in [1.82, 2.24) is 19.4 Å². The molecule has 10 nitrogen and oxygen atoms in total. The van der Waals surface area contributed by atoms with Gasteiger partial charge in [0.1, 0.15) is 6.20 Å². The summed E-state index contributed by atoms with van der Waals surface area (Å²) in [7, 11) is 0. The van der Waals surface area contributed by atoms with Gasteiger partial charge in [-0.05, 0) is 28.4 Å². The maximum absolute atomic E-state index is 10.9. The Balaban J connectivity index is 1.94. The average molecular weight is 348 g/mol. The topological polar surface area (TPSA) is 125 Å². The minimum Gasteiger partial charge on any atom is -0.465 e. The fourth-order valence-corrected chi connectivity index (χ4v) is 2.77. The Kier molecular flexibility index (Phi) is 5.07. The summed E-state index contributed by atoms with van der Waals surface area (Å²) in [5.41, 5.74) is -1.19. The van der Waals surface area contributed by atoms with Crippen molar-refractivity contribution >= 4 is 23.5 Å². The Bertz CT molecular complexity index is 597. The third-order valence-corrected chi connectivity index (χ3v) is 3.92. The monoisotopic (exact) mass is 347 g/mol. The highest BCUT2D eigenvalue weighted by molar-refractivity contribution is 6.28. The van der Waals surface area contributed by atoms with Crippen LogP contribution in [0.15, 0.2) is 6.20 Å². The standard InChI is InChI=1S/C12H18ClN5O5/c1-12(21,7-15-2-4-16(5-3-15)11(19)20)8-17-6-9(18(22)23)14-10(17)13/h6,21H,2-5,7-8H2,1H3,(H,19,20)/t12-/m0/s1. The molecular formula is C12H18ClN5O5. The first-order valence-electron chi connectivity index (χ1n) is 6.97. The van der Waals surface area contributed by atoms with E-state index in [9.17, 15) is 20.0 Å². The highest BCUT2D eigenvalue weighted by Crippen LogP contribution is 2.20. The van der Waals surface area contributed by atoms with Gasteiger partial charge in [-0.25, -0.2) is 4.79 Å². The van der Waals surface area contributed by atoms with Crippen LogP contribution in [0.25, 0.3) is 0 Å². The van der Waals surface area contributed by atoms with Gasteiger partial charge in [-0.15, -0.1) is 0 Å². The molecule has 1 amide bonds. The number of aliphatic hydroxyl groups is 1. The van der Waals surface area contributed by atoms with Crippen LogP contribution in [-0.2, 0) is 6.54 Å². The van der Waals surface area contributed by atoms with Gasteiger partial charge in [-0.2, -0.15) is 0 Å². The number of halogens is 1. The number of β-amino-alcohol motifs (C(OH)–C–C–N with tert-alkyl or cyclic N) is 1. The Labute approximate surface area is 137 Å². The van der Waals surface area contributed by atoms with E-state index in [4.69, 9.17) is 16.7 Å². The van der Waals surface area contributed by atoms with E-state index in [0.717, 1.165) is 0 Å². The summed E-state index contributed by atoms with van der Waals surface area (Å²) in [6.45, 7) is 3.72. The van der Waals surface area contributed by atoms with E-state index < -0.39 is 16.6 Å². The summed E-state index contributed by atoms with van der Waals surface area (Å²) < 4.78 is 1.33. The minimum absolute atomic E-state index is 0.0474. The molecule has 128 valence electrons. The number of rotatable bonds is 5. The molecule has 1 aromatic heterocycles. The maximum Gasteiger partial charge on any atom is 0.407 e. The molecule has 0 spiro atoms. The number of hydrogen-bond donors (Lipinski definition) is 2. The molecule has 2 heterocycles. The molecule has 0 aromatic carbocycles. The van der Waals surface area contributed by atoms with Gasteiger partial charge in [0.15, 0.2) is 0 Å². The van der Waals surface area contributed by atoms with Crippen LogP contribution >= 0.6 is 11.6 Å². The van der Waals surface area contributed by atoms with E-state index >= 15 is 0 Å². The molecule has 1 saturated heterocycles. The van der Waals surface area contributed by atoms with Crippen molar-refractivity contribution in [2.75, 3.05) is 32.7 Å². The number of carbonyl (C=O) groups is 1. The lowest BCUT2D eigenvalue weighted by atomic mass is 10.1. The highest BCUT2D eigenvalue weighted by Gasteiger charge is 2.30. The summed E-state index contributed by atoms with van der Waals surface area (Å²) in [6.07, 6.45) is 0.230. The summed E-state index contributed by atoms with van der Waals surface area (Å²) >= 11 is 5.84. The first kappa shape index (κ1) is 17.4. The number of nitro groups is 1. The van der Waals surface area contributed by atoms with Crippen LogP contribution in [0.1, 0.15) is 6.92 Å². The lowest BCUT2D eigenvalue weighted by Crippen LogP contribution is -2.53. The predicted octanol–water partition coefficient (Wildman–Crippen LogP) is 0.491. The van der Waals surface area contributed by atoms with Crippen molar-refractivity contribution in [3.63, 3.8) is 0 Å². The van der Waals surface area contributed by atoms with Gasteiger partial charge >= 0.3 is 17.2 Å². The Morgan fingerprint density at radius 2 is 2.04 bits per heavy atom. The van der Waals surface area contributed by atoms with E-state index in [-0.39, 0.29) is 17.6 Å². The minimum atomic E-state index is -1.19. The lowest BCUT2D eigenvalue weighted by Gasteiger charge is -2.37. The molecule has 1 aliphatic heterocycles. The first-order chi connectivity index (χ1) is 10.7. The zero-order chi connectivity index (χ0) is 17.2. The molecule has 0 unspecified atom stereocenters. The van der Waals surface area contributed by atoms with Crippen LogP contribution in [0.2, 0.25) is 5.28 Å². The summed E-state index contributed by atoms with van der Waals surface area (Å²) in [5, 5.41) is 30.0. The average Bonchev–Trinajstić information content (AvgIpc) is 2.79. The third kappa shape index (κ3) is 4.53. The van der Waals surface area contributed by atoms with Gasteiger partial charge in [-0.3, -0.25) is 9.47 Å². The molecular weight excluding hydrogens is 330 g/mol. The molecule has 2 N–H and O–H groups in total. The number of hydrogen-bond acceptors (Lipinski definition) is 6. The molecule has 23 heavy (non-hydrogen) atoms. The van der Waals surface area contributed by atoms with Gasteiger partial charge in [0.2, 0.25) is 0 Å². The molecule has 2 rings (SSSR count). The number of aromatic nitrogens is 2. The van der Waals surface area contributed by atoms with Crippen LogP contribution in [-0.4, -0.2) is 78.9 Å². The largest absolute Gasteiger partial charge is 0.465 e. The van der Waals surface area contributed by atoms with Gasteiger partial charge in [0, 0.05) is 32.7 Å². The number of amides is 1. The first-order valence-corrected chi connectivity index (χ1v) is 7.35. The smallest absolute Gasteiger partial charge is 0.407 e. The van der Waals surface area contributed by atoms with Gasteiger partial charge < -0.3 is 25.2 Å². The third-order valence-electron chi connectivity index (χ3n) is 3.62. The van der Waals surface area contributed by atoms with Crippen molar-refractivity contribution in [3.8, 4) is 0 Å². The molecule has 0 bridgehead atoms. The molecule has 0 aliphatic carbocycles. The Morgan fingerprint density at radius 1 is 1.43 bits per heavy atom. The predicted molar refractivity (Wildman–Crippen MR) is 80.6 cm³/mol. The van der Waals surface area contributed by atoms with Gasteiger partial charge in [0.05, 0.1) is 12.1 Å². The number of carboxylic acid groups (broad SMARTS) is 1. The zero-order valence-electron chi connectivity index (χ0n) is 12.6. The van der Waals surface area contributed by atoms with Gasteiger partial charge in [-0.1, -0.05) is 0 Å². The fraction of sp³-hybridized carbons (Fsp3) is 0.667. The molecule has 1 aliphatic rings. The zero-order valence-corrected chi connectivity index (χ0v) is 13.3. The molecule has 0 saturated carbocycles. The molecule has 1 fully saturated rings. The molecule has 1 atom stereocenters. The van der Waals surface area contributed by atoms with Crippen LogP contribution in [0.3, 0.4) is 0 Å². The van der Waals surface area contributed by atoms with E-state index in [1.165, 1.54) is 15.7 Å². The second-order valence-electron chi connectivity index (χ2n) is 5.80. The van der Waals surface area contributed by atoms with E-state index in [2.05, 4.69) is 4.98 Å². The molecule has 11 heteroatoms. The van der Waals surface area contributed by atoms with E-state index in [1.54, 1.807) is 6.92 Å². The fourth-order valence-electron chi connectivity index (χ4n) is 2.58. The Hall–Kier alpha value is -1.91. The number of nitrogens with zero attached hydrogens (tertiary/aromatic N) is 5. The SMILES string of the molecule is C[C@](O)(CN1CCN(C(=O)O)CC1)Cn1cc([N+](=O)[O-])nc1Cl.